The topological polar surface area (TPSA) is 21.3 Å². The third kappa shape index (κ3) is 4.24. The third-order valence-electron chi connectivity index (χ3n) is 4.02. The molecule has 2 unspecified atom stereocenters. The van der Waals surface area contributed by atoms with Crippen molar-refractivity contribution in [2.75, 3.05) is 6.54 Å². The minimum atomic E-state index is 0.218. The van der Waals surface area contributed by atoms with Crippen LogP contribution in [0.4, 0.5) is 0 Å². The molecule has 0 aromatic heterocycles. The molecular weight excluding hydrogens is 234 g/mol. The zero-order valence-corrected chi connectivity index (χ0v) is 12.5. The van der Waals surface area contributed by atoms with Crippen LogP contribution < -0.4 is 10.1 Å². The molecule has 0 heterocycles. The molecule has 0 amide bonds. The van der Waals surface area contributed by atoms with E-state index >= 15 is 0 Å². The van der Waals surface area contributed by atoms with Crippen LogP contribution in [0.3, 0.4) is 0 Å². The summed E-state index contributed by atoms with van der Waals surface area (Å²) >= 11 is 0. The molecule has 1 N–H and O–H groups in total. The largest absolute Gasteiger partial charge is 0.489 e. The number of rotatable bonds is 6. The number of ether oxygens (including phenoxy) is 1. The molecule has 2 heteroatoms. The summed E-state index contributed by atoms with van der Waals surface area (Å²) in [5.74, 6) is 1.03. The van der Waals surface area contributed by atoms with Crippen molar-refractivity contribution in [3.8, 4) is 5.75 Å². The Morgan fingerprint density at radius 2 is 1.89 bits per heavy atom. The van der Waals surface area contributed by atoms with Crippen LogP contribution in [0.25, 0.3) is 0 Å². The summed E-state index contributed by atoms with van der Waals surface area (Å²) in [6.45, 7) is 7.46. The van der Waals surface area contributed by atoms with Gasteiger partial charge in [-0.25, -0.2) is 0 Å². The van der Waals surface area contributed by atoms with E-state index in [1.54, 1.807) is 0 Å². The van der Waals surface area contributed by atoms with E-state index < -0.39 is 0 Å². The fraction of sp³-hybridized carbons (Fsp3) is 0.647. The molecule has 2 rings (SSSR count). The van der Waals surface area contributed by atoms with Gasteiger partial charge in [-0.3, -0.25) is 0 Å². The minimum Gasteiger partial charge on any atom is -0.489 e. The number of nitrogens with one attached hydrogen (secondary N) is 1. The van der Waals surface area contributed by atoms with Gasteiger partial charge in [0.15, 0.2) is 0 Å². The van der Waals surface area contributed by atoms with Crippen molar-refractivity contribution in [2.45, 2.75) is 65.0 Å². The van der Waals surface area contributed by atoms with Crippen LogP contribution in [0.15, 0.2) is 18.2 Å². The minimum absolute atomic E-state index is 0.218. The van der Waals surface area contributed by atoms with Crippen LogP contribution in [-0.2, 0) is 12.8 Å². The van der Waals surface area contributed by atoms with Gasteiger partial charge in [0.2, 0.25) is 0 Å². The highest BCUT2D eigenvalue weighted by molar-refractivity contribution is 5.37. The average Bonchev–Trinajstić information content (AvgIpc) is 2.44. The highest BCUT2D eigenvalue weighted by Crippen LogP contribution is 2.25. The lowest BCUT2D eigenvalue weighted by molar-refractivity contribution is 0.212. The van der Waals surface area contributed by atoms with Crippen LogP contribution >= 0.6 is 0 Å². The van der Waals surface area contributed by atoms with E-state index in [4.69, 9.17) is 4.74 Å². The Morgan fingerprint density at radius 1 is 1.16 bits per heavy atom. The Bertz CT molecular complexity index is 402. The van der Waals surface area contributed by atoms with E-state index in [1.807, 2.05) is 0 Å². The van der Waals surface area contributed by atoms with Crippen molar-refractivity contribution < 1.29 is 4.74 Å². The van der Waals surface area contributed by atoms with Crippen LogP contribution in [0.5, 0.6) is 5.75 Å². The van der Waals surface area contributed by atoms with Crippen LogP contribution in [-0.4, -0.2) is 18.7 Å². The van der Waals surface area contributed by atoms with Crippen molar-refractivity contribution >= 4 is 0 Å². The predicted molar refractivity (Wildman–Crippen MR) is 80.9 cm³/mol. The van der Waals surface area contributed by atoms with Crippen molar-refractivity contribution in [3.63, 3.8) is 0 Å². The second-order valence-corrected chi connectivity index (χ2v) is 5.78. The Balaban J connectivity index is 1.88. The number of hydrogen-bond acceptors (Lipinski definition) is 2. The van der Waals surface area contributed by atoms with Gasteiger partial charge in [0, 0.05) is 12.6 Å². The van der Waals surface area contributed by atoms with Crippen LogP contribution in [0.2, 0.25) is 0 Å². The van der Waals surface area contributed by atoms with Gasteiger partial charge in [-0.2, -0.15) is 0 Å². The zero-order valence-electron chi connectivity index (χ0n) is 12.5. The van der Waals surface area contributed by atoms with E-state index in [-0.39, 0.29) is 6.10 Å². The van der Waals surface area contributed by atoms with Gasteiger partial charge in [-0.1, -0.05) is 13.0 Å². The summed E-state index contributed by atoms with van der Waals surface area (Å²) in [5.41, 5.74) is 3.01. The molecule has 19 heavy (non-hydrogen) atoms. The van der Waals surface area contributed by atoms with E-state index in [0.717, 1.165) is 18.7 Å². The highest BCUT2D eigenvalue weighted by Gasteiger charge is 2.11. The molecule has 0 fully saturated rings. The van der Waals surface area contributed by atoms with Gasteiger partial charge < -0.3 is 10.1 Å². The molecule has 1 aromatic rings. The Morgan fingerprint density at radius 3 is 2.63 bits per heavy atom. The molecule has 1 aromatic carbocycles. The molecule has 2 atom stereocenters. The van der Waals surface area contributed by atoms with E-state index in [1.165, 1.54) is 36.8 Å². The maximum atomic E-state index is 6.01. The number of fused-ring (bicyclic) bond motifs is 1. The molecule has 1 aliphatic rings. The van der Waals surface area contributed by atoms with Crippen LogP contribution in [0.1, 0.15) is 51.2 Å². The zero-order chi connectivity index (χ0) is 13.7. The SMILES string of the molecule is CCC(C)NCC(C)Oc1ccc2c(c1)CCCC2. The first-order valence-electron chi connectivity index (χ1n) is 7.71. The molecule has 1 aliphatic carbocycles. The molecule has 0 spiro atoms. The lowest BCUT2D eigenvalue weighted by atomic mass is 9.92. The van der Waals surface area contributed by atoms with E-state index in [9.17, 15) is 0 Å². The quantitative estimate of drug-likeness (QED) is 0.842. The van der Waals surface area contributed by atoms with Gasteiger partial charge in [-0.05, 0) is 69.2 Å². The first kappa shape index (κ1) is 14.4. The molecule has 0 aliphatic heterocycles. The summed E-state index contributed by atoms with van der Waals surface area (Å²) in [6.07, 6.45) is 6.48. The number of hydrogen-bond donors (Lipinski definition) is 1. The Hall–Kier alpha value is -1.02. The second kappa shape index (κ2) is 6.95. The standard InChI is InChI=1S/C17H27NO/c1-4-13(2)18-12-14(3)19-17-10-9-15-7-5-6-8-16(15)11-17/h9-11,13-14,18H,4-8,12H2,1-3H3. The maximum Gasteiger partial charge on any atom is 0.120 e. The molecule has 106 valence electrons. The number of aryl methyl sites for hydroxylation is 2. The lowest BCUT2D eigenvalue weighted by Gasteiger charge is -2.20. The summed E-state index contributed by atoms with van der Waals surface area (Å²) in [6, 6.07) is 7.19. The van der Waals surface area contributed by atoms with Gasteiger partial charge in [0.25, 0.3) is 0 Å². The summed E-state index contributed by atoms with van der Waals surface area (Å²) in [4.78, 5) is 0. The average molecular weight is 261 g/mol. The summed E-state index contributed by atoms with van der Waals surface area (Å²) in [7, 11) is 0. The van der Waals surface area contributed by atoms with E-state index in [0.29, 0.717) is 6.04 Å². The van der Waals surface area contributed by atoms with Gasteiger partial charge >= 0.3 is 0 Å². The predicted octanol–water partition coefficient (Wildman–Crippen LogP) is 3.72. The first-order valence-corrected chi connectivity index (χ1v) is 7.71. The normalized spacial score (nSPS) is 17.6. The lowest BCUT2D eigenvalue weighted by Crippen LogP contribution is -2.34. The van der Waals surface area contributed by atoms with Crippen molar-refractivity contribution in [3.05, 3.63) is 29.3 Å². The summed E-state index contributed by atoms with van der Waals surface area (Å²) < 4.78 is 6.01. The fourth-order valence-electron chi connectivity index (χ4n) is 2.57. The molecular formula is C17H27NO. The van der Waals surface area contributed by atoms with Crippen molar-refractivity contribution in [1.29, 1.82) is 0 Å². The van der Waals surface area contributed by atoms with E-state index in [2.05, 4.69) is 44.3 Å². The van der Waals surface area contributed by atoms with Crippen LogP contribution in [0, 0.1) is 0 Å². The second-order valence-electron chi connectivity index (χ2n) is 5.78. The number of benzene rings is 1. The van der Waals surface area contributed by atoms with Crippen molar-refractivity contribution in [2.24, 2.45) is 0 Å². The molecule has 0 saturated carbocycles. The maximum absolute atomic E-state index is 6.01. The first-order chi connectivity index (χ1) is 9.19. The molecule has 0 saturated heterocycles. The van der Waals surface area contributed by atoms with Gasteiger partial charge in [-0.15, -0.1) is 0 Å². The molecule has 0 bridgehead atoms. The van der Waals surface area contributed by atoms with Gasteiger partial charge in [0.1, 0.15) is 11.9 Å². The third-order valence-corrected chi connectivity index (χ3v) is 4.02. The highest BCUT2D eigenvalue weighted by atomic mass is 16.5. The van der Waals surface area contributed by atoms with Crippen molar-refractivity contribution in [1.82, 2.24) is 5.32 Å². The Kier molecular flexibility index (Phi) is 5.26. The van der Waals surface area contributed by atoms with Gasteiger partial charge in [0.05, 0.1) is 0 Å². The smallest absolute Gasteiger partial charge is 0.120 e. The summed E-state index contributed by atoms with van der Waals surface area (Å²) in [5, 5.41) is 3.49. The fourth-order valence-corrected chi connectivity index (χ4v) is 2.57. The molecule has 2 nitrogen and oxygen atoms in total. The molecule has 0 radical (unpaired) electrons. The monoisotopic (exact) mass is 261 g/mol. The Labute approximate surface area is 117 Å².